The lowest BCUT2D eigenvalue weighted by atomic mass is 9.83. The molecule has 2 atom stereocenters. The van der Waals surface area contributed by atoms with Crippen LogP contribution in [0.4, 0.5) is 0 Å². The summed E-state index contributed by atoms with van der Waals surface area (Å²) in [4.78, 5) is 0. The quantitative estimate of drug-likeness (QED) is 0.858. The van der Waals surface area contributed by atoms with E-state index in [0.717, 1.165) is 42.7 Å². The third-order valence-corrected chi connectivity index (χ3v) is 4.33. The first-order chi connectivity index (χ1) is 9.16. The summed E-state index contributed by atoms with van der Waals surface area (Å²) in [6.07, 6.45) is 3.41. The van der Waals surface area contributed by atoms with Crippen LogP contribution in [0.15, 0.2) is 18.2 Å². The maximum absolute atomic E-state index is 10.4. The van der Waals surface area contributed by atoms with Gasteiger partial charge in [-0.3, -0.25) is 0 Å². The van der Waals surface area contributed by atoms with Crippen molar-refractivity contribution in [1.29, 1.82) is 0 Å². The van der Waals surface area contributed by atoms with Gasteiger partial charge in [-0.15, -0.1) is 0 Å². The Bertz CT molecular complexity index is 468. The number of nitrogens with two attached hydrogens (primary N) is 1. The molecule has 3 N–H and O–H groups in total. The number of fused-ring (bicyclic) bond motifs is 1. The van der Waals surface area contributed by atoms with Crippen LogP contribution >= 0.6 is 0 Å². The lowest BCUT2D eigenvalue weighted by molar-refractivity contribution is -0.0317. The van der Waals surface area contributed by atoms with Crippen LogP contribution in [0.25, 0.3) is 0 Å². The smallest absolute Gasteiger partial charge is 0.129 e. The van der Waals surface area contributed by atoms with E-state index in [9.17, 15) is 5.11 Å². The van der Waals surface area contributed by atoms with Gasteiger partial charge in [0.15, 0.2) is 0 Å². The molecular weight excluding hydrogens is 242 g/mol. The zero-order valence-electron chi connectivity index (χ0n) is 11.3. The Hall–Kier alpha value is -1.26. The van der Waals surface area contributed by atoms with Gasteiger partial charge in [-0.05, 0) is 44.7 Å². The molecule has 1 aliphatic carbocycles. The van der Waals surface area contributed by atoms with Gasteiger partial charge < -0.3 is 20.3 Å². The molecule has 0 radical (unpaired) electrons. The van der Waals surface area contributed by atoms with Crippen LogP contribution in [-0.2, 0) is 0 Å². The van der Waals surface area contributed by atoms with Crippen molar-refractivity contribution in [2.24, 2.45) is 5.73 Å². The maximum atomic E-state index is 10.4. The molecule has 1 heterocycles. The summed E-state index contributed by atoms with van der Waals surface area (Å²) in [7, 11) is 0. The lowest BCUT2D eigenvalue weighted by Gasteiger charge is -2.43. The molecule has 19 heavy (non-hydrogen) atoms. The van der Waals surface area contributed by atoms with Gasteiger partial charge in [-0.2, -0.15) is 0 Å². The van der Waals surface area contributed by atoms with Crippen LogP contribution < -0.4 is 15.2 Å². The highest BCUT2D eigenvalue weighted by Crippen LogP contribution is 2.47. The zero-order chi connectivity index (χ0) is 13.5. The minimum Gasteiger partial charge on any atom is -0.494 e. The predicted molar refractivity (Wildman–Crippen MR) is 72.4 cm³/mol. The van der Waals surface area contributed by atoms with Gasteiger partial charge in [0, 0.05) is 11.6 Å². The fourth-order valence-corrected chi connectivity index (χ4v) is 3.28. The second-order valence-electron chi connectivity index (χ2n) is 5.48. The Morgan fingerprint density at radius 3 is 2.84 bits per heavy atom. The van der Waals surface area contributed by atoms with Crippen molar-refractivity contribution in [2.45, 2.75) is 50.4 Å². The highest BCUT2D eigenvalue weighted by atomic mass is 16.5. The van der Waals surface area contributed by atoms with Crippen molar-refractivity contribution in [3.05, 3.63) is 23.8 Å². The first-order valence-corrected chi connectivity index (χ1v) is 7.06. The second kappa shape index (κ2) is 4.69. The summed E-state index contributed by atoms with van der Waals surface area (Å²) >= 11 is 0. The summed E-state index contributed by atoms with van der Waals surface area (Å²) in [6.45, 7) is 2.57. The Morgan fingerprint density at radius 2 is 2.16 bits per heavy atom. The van der Waals surface area contributed by atoms with Gasteiger partial charge in [-0.25, -0.2) is 0 Å². The van der Waals surface area contributed by atoms with Gasteiger partial charge in [0.05, 0.1) is 12.6 Å². The summed E-state index contributed by atoms with van der Waals surface area (Å²) in [6, 6.07) is 5.23. The molecule has 1 aliphatic heterocycles. The van der Waals surface area contributed by atoms with Gasteiger partial charge >= 0.3 is 0 Å². The molecule has 0 aromatic heterocycles. The van der Waals surface area contributed by atoms with E-state index in [4.69, 9.17) is 15.2 Å². The molecule has 2 aliphatic rings. The van der Waals surface area contributed by atoms with Crippen molar-refractivity contribution < 1.29 is 14.6 Å². The van der Waals surface area contributed by atoms with Crippen LogP contribution in [-0.4, -0.2) is 23.4 Å². The topological polar surface area (TPSA) is 64.7 Å². The van der Waals surface area contributed by atoms with E-state index in [-0.39, 0.29) is 6.04 Å². The first-order valence-electron chi connectivity index (χ1n) is 7.06. The summed E-state index contributed by atoms with van der Waals surface area (Å²) in [5.74, 6) is 1.50. The molecule has 1 saturated carbocycles. The van der Waals surface area contributed by atoms with Gasteiger partial charge in [0.1, 0.15) is 23.2 Å². The molecule has 4 nitrogen and oxygen atoms in total. The molecule has 1 aromatic rings. The standard InChI is InChI=1S/C15H21NO3/c1-2-18-10-5-6-11-12(9-10)19-15(7-3-4-8-15)14(16)13(11)17/h5-6,9,13-14,17H,2-4,7-8,16H2,1H3. The summed E-state index contributed by atoms with van der Waals surface area (Å²) in [5, 5.41) is 10.4. The Kier molecular flexibility index (Phi) is 3.15. The molecule has 0 bridgehead atoms. The minimum atomic E-state index is -0.655. The molecule has 3 rings (SSSR count). The fraction of sp³-hybridized carbons (Fsp3) is 0.600. The normalized spacial score (nSPS) is 27.9. The fourth-order valence-electron chi connectivity index (χ4n) is 3.28. The van der Waals surface area contributed by atoms with E-state index < -0.39 is 11.7 Å². The van der Waals surface area contributed by atoms with Crippen LogP contribution in [0.5, 0.6) is 11.5 Å². The van der Waals surface area contributed by atoms with E-state index >= 15 is 0 Å². The van der Waals surface area contributed by atoms with E-state index in [1.54, 1.807) is 0 Å². The third-order valence-electron chi connectivity index (χ3n) is 4.33. The number of hydrogen-bond donors (Lipinski definition) is 2. The van der Waals surface area contributed by atoms with Crippen LogP contribution in [0.2, 0.25) is 0 Å². The SMILES string of the molecule is CCOc1ccc2c(c1)OC1(CCCC1)C(N)C2O. The molecule has 0 amide bonds. The Morgan fingerprint density at radius 1 is 1.42 bits per heavy atom. The summed E-state index contributed by atoms with van der Waals surface area (Å²) < 4.78 is 11.7. The first kappa shape index (κ1) is 12.8. The molecule has 1 fully saturated rings. The number of aliphatic hydroxyl groups is 1. The predicted octanol–water partition coefficient (Wildman–Crippen LogP) is 2.15. The maximum Gasteiger partial charge on any atom is 0.129 e. The number of hydrogen-bond acceptors (Lipinski definition) is 4. The van der Waals surface area contributed by atoms with Crippen molar-refractivity contribution >= 4 is 0 Å². The van der Waals surface area contributed by atoms with Crippen molar-refractivity contribution in [2.75, 3.05) is 6.61 Å². The molecule has 0 saturated heterocycles. The van der Waals surface area contributed by atoms with E-state index in [2.05, 4.69) is 0 Å². The number of benzene rings is 1. The molecular formula is C15H21NO3. The van der Waals surface area contributed by atoms with E-state index in [0.29, 0.717) is 6.61 Å². The number of rotatable bonds is 2. The van der Waals surface area contributed by atoms with Gasteiger partial charge in [0.25, 0.3) is 0 Å². The molecule has 1 aromatic carbocycles. The van der Waals surface area contributed by atoms with E-state index in [1.807, 2.05) is 25.1 Å². The van der Waals surface area contributed by atoms with Gasteiger partial charge in [-0.1, -0.05) is 0 Å². The van der Waals surface area contributed by atoms with Crippen molar-refractivity contribution in [3.8, 4) is 11.5 Å². The van der Waals surface area contributed by atoms with Crippen molar-refractivity contribution in [1.82, 2.24) is 0 Å². The van der Waals surface area contributed by atoms with Crippen molar-refractivity contribution in [3.63, 3.8) is 0 Å². The Labute approximate surface area is 113 Å². The largest absolute Gasteiger partial charge is 0.494 e. The van der Waals surface area contributed by atoms with Crippen LogP contribution in [0, 0.1) is 0 Å². The zero-order valence-corrected chi connectivity index (χ0v) is 11.3. The Balaban J connectivity index is 1.98. The highest BCUT2D eigenvalue weighted by Gasteiger charge is 2.49. The lowest BCUT2D eigenvalue weighted by Crippen LogP contribution is -2.56. The average molecular weight is 263 g/mol. The molecule has 1 spiro atoms. The molecule has 4 heteroatoms. The van der Waals surface area contributed by atoms with Crippen LogP contribution in [0.3, 0.4) is 0 Å². The highest BCUT2D eigenvalue weighted by molar-refractivity contribution is 5.45. The van der Waals surface area contributed by atoms with Gasteiger partial charge in [0.2, 0.25) is 0 Å². The number of ether oxygens (including phenoxy) is 2. The number of aliphatic hydroxyl groups excluding tert-OH is 1. The molecule has 104 valence electrons. The van der Waals surface area contributed by atoms with E-state index in [1.165, 1.54) is 0 Å². The monoisotopic (exact) mass is 263 g/mol. The third kappa shape index (κ3) is 1.99. The minimum absolute atomic E-state index is 0.347. The molecule has 2 unspecified atom stereocenters. The van der Waals surface area contributed by atoms with Crippen LogP contribution in [0.1, 0.15) is 44.3 Å². The summed E-state index contributed by atoms with van der Waals surface area (Å²) in [5.41, 5.74) is 6.60. The average Bonchev–Trinajstić information content (AvgIpc) is 2.86. The second-order valence-corrected chi connectivity index (χ2v) is 5.48.